The Kier molecular flexibility index (Phi) is 6.93. The minimum atomic E-state index is -1.09. The van der Waals surface area contributed by atoms with E-state index in [2.05, 4.69) is 10.6 Å². The number of aliphatic carboxylic acids is 1. The summed E-state index contributed by atoms with van der Waals surface area (Å²) in [6.45, 7) is 3.20. The number of rotatable bonds is 8. The van der Waals surface area contributed by atoms with Crippen molar-refractivity contribution in [3.05, 3.63) is 59.7 Å². The van der Waals surface area contributed by atoms with Crippen LogP contribution in [-0.2, 0) is 20.8 Å². The van der Waals surface area contributed by atoms with Crippen LogP contribution in [0.3, 0.4) is 0 Å². The molecule has 1 atom stereocenters. The van der Waals surface area contributed by atoms with Crippen LogP contribution in [0.5, 0.6) is 5.75 Å². The number of carboxylic acids is 1. The van der Waals surface area contributed by atoms with E-state index in [0.717, 1.165) is 5.56 Å². The van der Waals surface area contributed by atoms with E-state index in [9.17, 15) is 14.4 Å². The molecule has 0 aliphatic carbocycles. The highest BCUT2D eigenvalue weighted by Crippen LogP contribution is 2.16. The normalized spacial score (nSPS) is 11.3. The van der Waals surface area contributed by atoms with Crippen LogP contribution in [0, 0.1) is 6.92 Å². The van der Waals surface area contributed by atoms with Gasteiger partial charge in [-0.15, -0.1) is 0 Å². The van der Waals surface area contributed by atoms with Crippen LogP contribution in [-0.4, -0.2) is 35.5 Å². The largest absolute Gasteiger partial charge is 0.481 e. The van der Waals surface area contributed by atoms with Gasteiger partial charge in [0.15, 0.2) is 6.10 Å². The summed E-state index contributed by atoms with van der Waals surface area (Å²) in [6, 6.07) is 14.2. The Morgan fingerprint density at radius 1 is 1.11 bits per heavy atom. The van der Waals surface area contributed by atoms with Gasteiger partial charge in [0, 0.05) is 5.69 Å². The van der Waals surface area contributed by atoms with Crippen molar-refractivity contribution in [2.24, 2.45) is 0 Å². The van der Waals surface area contributed by atoms with Gasteiger partial charge < -0.3 is 20.5 Å². The lowest BCUT2D eigenvalue weighted by molar-refractivity contribution is -0.137. The van der Waals surface area contributed by atoms with Gasteiger partial charge in [0.2, 0.25) is 5.91 Å². The maximum absolute atomic E-state index is 12.3. The van der Waals surface area contributed by atoms with Gasteiger partial charge >= 0.3 is 5.97 Å². The SMILES string of the molecule is Cc1cccc(OC(C)C(=O)Nc2ccc(CC(=O)NCC(=O)O)cc2)c1. The minimum Gasteiger partial charge on any atom is -0.481 e. The van der Waals surface area contributed by atoms with Gasteiger partial charge in [-0.3, -0.25) is 14.4 Å². The second-order valence-electron chi connectivity index (χ2n) is 6.11. The molecule has 0 spiro atoms. The first-order chi connectivity index (χ1) is 12.8. The third kappa shape index (κ3) is 6.81. The number of carboxylic acid groups (broad SMARTS) is 1. The first-order valence-electron chi connectivity index (χ1n) is 8.45. The molecule has 0 bridgehead atoms. The predicted octanol–water partition coefficient (Wildman–Crippen LogP) is 2.14. The number of hydrogen-bond acceptors (Lipinski definition) is 4. The zero-order valence-corrected chi connectivity index (χ0v) is 15.2. The second kappa shape index (κ2) is 9.38. The fourth-order valence-corrected chi connectivity index (χ4v) is 2.32. The molecule has 0 aliphatic rings. The third-order valence-electron chi connectivity index (χ3n) is 3.69. The summed E-state index contributed by atoms with van der Waals surface area (Å²) in [5.74, 6) is -1.14. The van der Waals surface area contributed by atoms with Gasteiger partial charge in [-0.2, -0.15) is 0 Å². The average molecular weight is 370 g/mol. The third-order valence-corrected chi connectivity index (χ3v) is 3.69. The fraction of sp³-hybridized carbons (Fsp3) is 0.250. The molecule has 0 aliphatic heterocycles. The monoisotopic (exact) mass is 370 g/mol. The van der Waals surface area contributed by atoms with Gasteiger partial charge in [-0.25, -0.2) is 0 Å². The molecule has 142 valence electrons. The Bertz CT molecular complexity index is 817. The van der Waals surface area contributed by atoms with Crippen molar-refractivity contribution in [3.8, 4) is 5.75 Å². The predicted molar refractivity (Wildman–Crippen MR) is 101 cm³/mol. The van der Waals surface area contributed by atoms with E-state index >= 15 is 0 Å². The lowest BCUT2D eigenvalue weighted by Gasteiger charge is -2.15. The molecule has 27 heavy (non-hydrogen) atoms. The first kappa shape index (κ1) is 20.0. The molecule has 2 aromatic carbocycles. The summed E-state index contributed by atoms with van der Waals surface area (Å²) in [5, 5.41) is 13.6. The fourth-order valence-electron chi connectivity index (χ4n) is 2.32. The quantitative estimate of drug-likeness (QED) is 0.660. The molecule has 3 N–H and O–H groups in total. The first-order valence-corrected chi connectivity index (χ1v) is 8.45. The summed E-state index contributed by atoms with van der Waals surface area (Å²) < 4.78 is 5.64. The Labute approximate surface area is 157 Å². The maximum Gasteiger partial charge on any atom is 0.322 e. The molecule has 2 aromatic rings. The zero-order valence-electron chi connectivity index (χ0n) is 15.2. The second-order valence-corrected chi connectivity index (χ2v) is 6.11. The summed E-state index contributed by atoms with van der Waals surface area (Å²) >= 11 is 0. The Morgan fingerprint density at radius 3 is 2.44 bits per heavy atom. The van der Waals surface area contributed by atoms with Gasteiger partial charge in [-0.05, 0) is 49.2 Å². The highest BCUT2D eigenvalue weighted by Gasteiger charge is 2.15. The molecule has 1 unspecified atom stereocenters. The molecular weight excluding hydrogens is 348 g/mol. The standard InChI is InChI=1S/C20H22N2O5/c1-13-4-3-5-17(10-13)27-14(2)20(26)22-16-8-6-15(7-9-16)11-18(23)21-12-19(24)25/h3-10,14H,11-12H2,1-2H3,(H,21,23)(H,22,26)(H,24,25). The lowest BCUT2D eigenvalue weighted by atomic mass is 10.1. The number of carbonyl (C=O) groups excluding carboxylic acids is 2. The van der Waals surface area contributed by atoms with E-state index in [0.29, 0.717) is 17.0 Å². The number of ether oxygens (including phenoxy) is 1. The van der Waals surface area contributed by atoms with E-state index in [1.807, 2.05) is 25.1 Å². The Balaban J connectivity index is 1.86. The van der Waals surface area contributed by atoms with Crippen LogP contribution in [0.25, 0.3) is 0 Å². The van der Waals surface area contributed by atoms with Crippen molar-refractivity contribution in [2.45, 2.75) is 26.4 Å². The Morgan fingerprint density at radius 2 is 1.81 bits per heavy atom. The molecule has 7 heteroatoms. The number of hydrogen-bond donors (Lipinski definition) is 3. The molecular formula is C20H22N2O5. The van der Waals surface area contributed by atoms with Crippen molar-refractivity contribution >= 4 is 23.5 Å². The average Bonchev–Trinajstić information content (AvgIpc) is 2.61. The van der Waals surface area contributed by atoms with Crippen LogP contribution in [0.15, 0.2) is 48.5 Å². The number of nitrogens with one attached hydrogen (secondary N) is 2. The van der Waals surface area contributed by atoms with Crippen molar-refractivity contribution < 1.29 is 24.2 Å². The lowest BCUT2D eigenvalue weighted by Crippen LogP contribution is -2.30. The molecule has 0 saturated carbocycles. The number of benzene rings is 2. The van der Waals surface area contributed by atoms with E-state index in [1.54, 1.807) is 37.3 Å². The van der Waals surface area contributed by atoms with Gasteiger partial charge in [0.1, 0.15) is 12.3 Å². The molecule has 2 rings (SSSR count). The summed E-state index contributed by atoms with van der Waals surface area (Å²) in [5.41, 5.74) is 2.33. The maximum atomic E-state index is 12.3. The Hall–Kier alpha value is -3.35. The number of anilines is 1. The van der Waals surface area contributed by atoms with E-state index < -0.39 is 18.6 Å². The van der Waals surface area contributed by atoms with Gasteiger partial charge in [0.05, 0.1) is 6.42 Å². The van der Waals surface area contributed by atoms with Crippen molar-refractivity contribution in [1.82, 2.24) is 5.32 Å². The van der Waals surface area contributed by atoms with Crippen LogP contribution in [0.4, 0.5) is 5.69 Å². The molecule has 2 amide bonds. The summed E-state index contributed by atoms with van der Waals surface area (Å²) in [7, 11) is 0. The van der Waals surface area contributed by atoms with Gasteiger partial charge in [0.25, 0.3) is 5.91 Å². The molecule has 0 aromatic heterocycles. The van der Waals surface area contributed by atoms with Crippen LogP contribution < -0.4 is 15.4 Å². The molecule has 7 nitrogen and oxygen atoms in total. The van der Waals surface area contributed by atoms with Gasteiger partial charge in [-0.1, -0.05) is 24.3 Å². The highest BCUT2D eigenvalue weighted by molar-refractivity contribution is 5.94. The molecule has 0 fully saturated rings. The van der Waals surface area contributed by atoms with Crippen molar-refractivity contribution in [3.63, 3.8) is 0 Å². The van der Waals surface area contributed by atoms with Crippen LogP contribution >= 0.6 is 0 Å². The smallest absolute Gasteiger partial charge is 0.322 e. The summed E-state index contributed by atoms with van der Waals surface area (Å²) in [6.07, 6.45) is -0.609. The molecule has 0 heterocycles. The van der Waals surface area contributed by atoms with Crippen LogP contribution in [0.1, 0.15) is 18.1 Å². The van der Waals surface area contributed by atoms with Crippen LogP contribution in [0.2, 0.25) is 0 Å². The zero-order chi connectivity index (χ0) is 19.8. The number of carbonyl (C=O) groups is 3. The molecule has 0 saturated heterocycles. The van der Waals surface area contributed by atoms with Crippen molar-refractivity contribution in [1.29, 1.82) is 0 Å². The summed E-state index contributed by atoms with van der Waals surface area (Å²) in [4.78, 5) is 34.3. The number of aryl methyl sites for hydroxylation is 1. The number of amides is 2. The van der Waals surface area contributed by atoms with E-state index in [-0.39, 0.29) is 18.2 Å². The topological polar surface area (TPSA) is 105 Å². The highest BCUT2D eigenvalue weighted by atomic mass is 16.5. The molecule has 0 radical (unpaired) electrons. The van der Waals surface area contributed by atoms with E-state index in [1.165, 1.54) is 0 Å². The van der Waals surface area contributed by atoms with Crippen molar-refractivity contribution in [2.75, 3.05) is 11.9 Å². The van der Waals surface area contributed by atoms with E-state index in [4.69, 9.17) is 9.84 Å². The minimum absolute atomic E-state index is 0.0639.